The van der Waals surface area contributed by atoms with Crippen LogP contribution in [-0.2, 0) is 32.8 Å². The number of nitrogen functional groups attached to an aromatic ring is 1. The molecule has 13 heteroatoms. The van der Waals surface area contributed by atoms with Crippen molar-refractivity contribution < 1.29 is 23.8 Å². The van der Waals surface area contributed by atoms with Gasteiger partial charge < -0.3 is 30.2 Å². The molecule has 0 unspecified atom stereocenters. The molecule has 0 bridgehead atoms. The Labute approximate surface area is 300 Å². The fraction of sp³-hybridized carbons (Fsp3) is 0.324. The van der Waals surface area contributed by atoms with Gasteiger partial charge in [-0.25, -0.2) is 14.6 Å². The minimum atomic E-state index is -0.679. The summed E-state index contributed by atoms with van der Waals surface area (Å²) >= 11 is 7.45. The first-order chi connectivity index (χ1) is 23.6. The number of halogens is 1. The molecule has 2 heterocycles. The summed E-state index contributed by atoms with van der Waals surface area (Å²) in [5.41, 5.74) is 10.9. The van der Waals surface area contributed by atoms with Crippen LogP contribution in [0.5, 0.6) is 5.88 Å². The normalized spacial score (nSPS) is 13.1. The van der Waals surface area contributed by atoms with Crippen LogP contribution < -0.4 is 20.7 Å². The molecule has 2 aromatic carbocycles. The van der Waals surface area contributed by atoms with E-state index in [0.29, 0.717) is 13.1 Å². The van der Waals surface area contributed by atoms with Crippen LogP contribution in [0.3, 0.4) is 0 Å². The number of aromatic nitrogens is 2. The van der Waals surface area contributed by atoms with Crippen LogP contribution in [-0.4, -0.2) is 47.8 Å². The van der Waals surface area contributed by atoms with Gasteiger partial charge in [0.25, 0.3) is 5.70 Å². The number of nitrogens with zero attached hydrogens (tertiary/aromatic N) is 4. The molecule has 50 heavy (non-hydrogen) atoms. The molecular formula is C37H39ClN6O5S. The lowest BCUT2D eigenvalue weighted by molar-refractivity contribution is -0.149. The number of nitrogens with one attached hydrogen (secondary N) is 1. The minimum Gasteiger partial charge on any atom is -0.473 e. The van der Waals surface area contributed by atoms with Crippen molar-refractivity contribution in [1.29, 1.82) is 0 Å². The number of amides is 1. The van der Waals surface area contributed by atoms with Crippen LogP contribution in [0.15, 0.2) is 60.3 Å². The highest BCUT2D eigenvalue weighted by Crippen LogP contribution is 2.53. The third-order valence-electron chi connectivity index (χ3n) is 7.99. The Morgan fingerprint density at radius 1 is 1.08 bits per heavy atom. The number of hydrogen-bond acceptors (Lipinski definition) is 10. The summed E-state index contributed by atoms with van der Waals surface area (Å²) in [5, 5.41) is 3.00. The second-order valence-corrected chi connectivity index (χ2v) is 14.8. The summed E-state index contributed by atoms with van der Waals surface area (Å²) in [6.45, 7) is 18.5. The topological polar surface area (TPSA) is 133 Å². The van der Waals surface area contributed by atoms with Gasteiger partial charge in [0.2, 0.25) is 11.8 Å². The van der Waals surface area contributed by atoms with E-state index >= 15 is 0 Å². The van der Waals surface area contributed by atoms with Crippen LogP contribution in [0.25, 0.3) is 21.4 Å². The van der Waals surface area contributed by atoms with E-state index in [2.05, 4.69) is 63.1 Å². The van der Waals surface area contributed by atoms with E-state index in [1.165, 1.54) is 11.6 Å². The lowest BCUT2D eigenvalue weighted by Crippen LogP contribution is -2.29. The van der Waals surface area contributed by atoms with Crippen molar-refractivity contribution in [2.24, 2.45) is 0 Å². The molecule has 0 spiro atoms. The molecule has 1 aliphatic carbocycles. The molecule has 5 rings (SSSR count). The first kappa shape index (κ1) is 36.2. The highest BCUT2D eigenvalue weighted by Gasteiger charge is 2.37. The summed E-state index contributed by atoms with van der Waals surface area (Å²) in [6, 6.07) is 17.5. The molecule has 2 aromatic heterocycles. The van der Waals surface area contributed by atoms with Crippen molar-refractivity contribution in [2.75, 3.05) is 30.8 Å². The van der Waals surface area contributed by atoms with Gasteiger partial charge in [0.15, 0.2) is 0 Å². The maximum atomic E-state index is 12.5. The lowest BCUT2D eigenvalue weighted by atomic mass is 9.82. The Morgan fingerprint density at radius 2 is 1.80 bits per heavy atom. The highest BCUT2D eigenvalue weighted by molar-refractivity contribution is 7.16. The Balaban J connectivity index is 1.11. The predicted octanol–water partition coefficient (Wildman–Crippen LogP) is 7.62. The summed E-state index contributed by atoms with van der Waals surface area (Å²) < 4.78 is 16.5. The van der Waals surface area contributed by atoms with Gasteiger partial charge in [-0.2, -0.15) is 4.98 Å². The molecule has 3 N–H and O–H groups in total. The SMILES string of the molecule is [C-]#[N+]/C(=C\c1cc2c(s1)-c1ccc(N(C)CCOC(=O)NCc3ccc(COc4cc(Cl)nc(N)n4)cc3)cc1C2(C)C)C(=O)OC(C)(C)C. The number of thiophene rings is 1. The number of esters is 1. The van der Waals surface area contributed by atoms with Crippen LogP contribution in [0.4, 0.5) is 16.4 Å². The number of carbonyl (C=O) groups excluding carboxylic acids is 2. The average Bonchev–Trinajstić information content (AvgIpc) is 3.56. The zero-order chi connectivity index (χ0) is 36.2. The van der Waals surface area contributed by atoms with Gasteiger partial charge >= 0.3 is 12.1 Å². The molecule has 0 saturated carbocycles. The number of benzene rings is 2. The minimum absolute atomic E-state index is 0.0405. The number of rotatable bonds is 11. The maximum Gasteiger partial charge on any atom is 0.407 e. The Morgan fingerprint density at radius 3 is 2.48 bits per heavy atom. The number of likely N-dealkylation sites (N-methyl/N-ethyl adjacent to an activating group) is 1. The van der Waals surface area contributed by atoms with Gasteiger partial charge in [0.05, 0.1) is 13.1 Å². The van der Waals surface area contributed by atoms with E-state index in [1.807, 2.05) is 31.3 Å². The number of nitrogens with two attached hydrogens (primary N) is 1. The van der Waals surface area contributed by atoms with Crippen LogP contribution in [0.2, 0.25) is 5.15 Å². The number of carbonyl (C=O) groups is 2. The number of fused-ring (bicyclic) bond motifs is 3. The smallest absolute Gasteiger partial charge is 0.407 e. The van der Waals surface area contributed by atoms with E-state index in [4.69, 9.17) is 38.1 Å². The van der Waals surface area contributed by atoms with E-state index < -0.39 is 17.7 Å². The van der Waals surface area contributed by atoms with Gasteiger partial charge in [-0.1, -0.05) is 55.8 Å². The fourth-order valence-corrected chi connectivity index (χ4v) is 6.88. The summed E-state index contributed by atoms with van der Waals surface area (Å²) in [4.78, 5) is 40.2. The van der Waals surface area contributed by atoms with E-state index in [1.54, 1.807) is 38.2 Å². The van der Waals surface area contributed by atoms with Gasteiger partial charge in [-0.05, 0) is 72.9 Å². The molecule has 260 valence electrons. The quantitative estimate of drug-likeness (QED) is 0.0697. The molecule has 4 aromatic rings. The van der Waals surface area contributed by atoms with Gasteiger partial charge in [0.1, 0.15) is 24.0 Å². The molecule has 0 atom stereocenters. The van der Waals surface area contributed by atoms with Gasteiger partial charge in [-0.3, -0.25) is 4.79 Å². The lowest BCUT2D eigenvalue weighted by Gasteiger charge is -2.24. The van der Waals surface area contributed by atoms with Crippen molar-refractivity contribution in [3.63, 3.8) is 0 Å². The van der Waals surface area contributed by atoms with Crippen LogP contribution in [0.1, 0.15) is 61.7 Å². The van der Waals surface area contributed by atoms with Crippen molar-refractivity contribution >= 4 is 52.7 Å². The van der Waals surface area contributed by atoms with Crippen molar-refractivity contribution in [3.8, 4) is 16.3 Å². The molecule has 0 aliphatic heterocycles. The molecule has 0 saturated heterocycles. The third kappa shape index (κ3) is 8.72. The van der Waals surface area contributed by atoms with E-state index in [0.717, 1.165) is 37.7 Å². The summed E-state index contributed by atoms with van der Waals surface area (Å²) in [5.74, 6) is -0.294. The first-order valence-corrected chi connectivity index (χ1v) is 17.1. The number of alkyl carbamates (subject to hydrolysis) is 1. The molecule has 0 fully saturated rings. The van der Waals surface area contributed by atoms with Crippen LogP contribution >= 0.6 is 22.9 Å². The Kier molecular flexibility index (Phi) is 10.7. The van der Waals surface area contributed by atoms with Crippen molar-refractivity contribution in [2.45, 2.75) is 58.8 Å². The van der Waals surface area contributed by atoms with Crippen molar-refractivity contribution in [1.82, 2.24) is 15.3 Å². The van der Waals surface area contributed by atoms with Crippen molar-refractivity contribution in [3.05, 3.63) is 104 Å². The summed E-state index contributed by atoms with van der Waals surface area (Å²) in [7, 11) is 1.96. The van der Waals surface area contributed by atoms with Crippen LogP contribution in [0, 0.1) is 6.57 Å². The molecule has 1 amide bonds. The largest absolute Gasteiger partial charge is 0.473 e. The monoisotopic (exact) mass is 714 g/mol. The number of hydrogen-bond donors (Lipinski definition) is 2. The zero-order valence-electron chi connectivity index (χ0n) is 28.8. The average molecular weight is 715 g/mol. The predicted molar refractivity (Wildman–Crippen MR) is 196 cm³/mol. The Bertz CT molecular complexity index is 1960. The number of anilines is 2. The Hall–Kier alpha value is -5.12. The molecule has 11 nitrogen and oxygen atoms in total. The molecule has 0 radical (unpaired) electrons. The third-order valence-corrected chi connectivity index (χ3v) is 9.30. The van der Waals surface area contributed by atoms with E-state index in [-0.39, 0.29) is 41.3 Å². The van der Waals surface area contributed by atoms with Gasteiger partial charge in [0, 0.05) is 40.5 Å². The second kappa shape index (κ2) is 14.8. The zero-order valence-corrected chi connectivity index (χ0v) is 30.4. The molecule has 1 aliphatic rings. The van der Waals surface area contributed by atoms with Gasteiger partial charge in [-0.15, -0.1) is 11.3 Å². The number of ether oxygens (including phenoxy) is 3. The highest BCUT2D eigenvalue weighted by atomic mass is 35.5. The summed E-state index contributed by atoms with van der Waals surface area (Å²) in [6.07, 6.45) is 1.11. The second-order valence-electron chi connectivity index (χ2n) is 13.3. The first-order valence-electron chi connectivity index (χ1n) is 15.9. The molecular weight excluding hydrogens is 676 g/mol. The fourth-order valence-electron chi connectivity index (χ4n) is 5.41. The standard InChI is InChI=1S/C37H39ClN6O5S/c1-36(2,3)49-33(45)29(40-6)18-25-17-28-32(50-25)26-13-12-24(16-27(26)37(28,4)5)44(7)14-15-47-35(46)41-20-22-8-10-23(11-9-22)21-48-31-19-30(38)42-34(39)43-31/h8-13,16-19H,14-15,20-21H2,1-5,7H3,(H,41,46)(H2,39,42,43)/b29-18-. The maximum absolute atomic E-state index is 12.5. The van der Waals surface area contributed by atoms with E-state index in [9.17, 15) is 9.59 Å².